The highest BCUT2D eigenvalue weighted by Crippen LogP contribution is 2.38. The number of rotatable bonds is 10. The Labute approximate surface area is 243 Å². The Hall–Kier alpha value is -2.86. The number of aliphatic hydroxyl groups is 1. The average molecular weight is 610 g/mol. The van der Waals surface area contributed by atoms with E-state index in [9.17, 15) is 22.8 Å². The Morgan fingerprint density at radius 1 is 1.12 bits per heavy atom. The van der Waals surface area contributed by atoms with E-state index >= 15 is 0 Å². The summed E-state index contributed by atoms with van der Waals surface area (Å²) in [6, 6.07) is 10.6. The second-order valence-corrected chi connectivity index (χ2v) is 11.8. The number of alkyl halides is 3. The molecule has 2 aromatic carbocycles. The molecule has 4 rings (SSSR count). The van der Waals surface area contributed by atoms with Gasteiger partial charge < -0.3 is 10.4 Å². The van der Waals surface area contributed by atoms with E-state index in [-0.39, 0.29) is 18.1 Å². The molecule has 0 radical (unpaired) electrons. The van der Waals surface area contributed by atoms with E-state index < -0.39 is 22.7 Å². The Morgan fingerprint density at radius 2 is 1.93 bits per heavy atom. The quantitative estimate of drug-likeness (QED) is 0.132. The van der Waals surface area contributed by atoms with Crippen molar-refractivity contribution in [3.05, 3.63) is 85.7 Å². The van der Waals surface area contributed by atoms with Crippen LogP contribution in [0.1, 0.15) is 67.1 Å². The molecule has 0 atom stereocenters. The molecule has 0 bridgehead atoms. The number of aliphatic hydroxyl groups excluding tert-OH is 1. The Bertz CT molecular complexity index is 1410. The zero-order chi connectivity index (χ0) is 28.7. The molecule has 12 heteroatoms. The van der Waals surface area contributed by atoms with Crippen molar-refractivity contribution in [2.24, 2.45) is 5.10 Å². The van der Waals surface area contributed by atoms with Gasteiger partial charge in [-0.25, -0.2) is 5.43 Å². The zero-order valence-corrected chi connectivity index (χ0v) is 23.7. The molecule has 0 fully saturated rings. The van der Waals surface area contributed by atoms with Crippen LogP contribution in [0.25, 0.3) is 0 Å². The van der Waals surface area contributed by atoms with Crippen LogP contribution >= 0.6 is 34.7 Å². The van der Waals surface area contributed by atoms with E-state index in [1.54, 1.807) is 30.0 Å². The summed E-state index contributed by atoms with van der Waals surface area (Å²) in [7, 11) is 0. The van der Waals surface area contributed by atoms with Crippen molar-refractivity contribution < 1.29 is 27.9 Å². The second-order valence-electron chi connectivity index (χ2n) is 9.14. The van der Waals surface area contributed by atoms with Crippen molar-refractivity contribution in [3.63, 3.8) is 0 Å². The van der Waals surface area contributed by atoms with Crippen molar-refractivity contribution in [1.29, 1.82) is 0 Å². The predicted octanol–water partition coefficient (Wildman–Crippen LogP) is 6.93. The van der Waals surface area contributed by atoms with Crippen LogP contribution in [0.4, 0.5) is 18.2 Å². The number of fused-ring (bicyclic) bond motifs is 1. The van der Waals surface area contributed by atoms with E-state index in [1.807, 2.05) is 6.07 Å². The van der Waals surface area contributed by atoms with Crippen molar-refractivity contribution >= 4 is 57.7 Å². The maximum absolute atomic E-state index is 13.2. The molecule has 212 valence electrons. The first-order chi connectivity index (χ1) is 19.2. The van der Waals surface area contributed by atoms with Gasteiger partial charge in [-0.3, -0.25) is 9.59 Å². The number of anilines is 1. The molecule has 3 aromatic rings. The number of thiophene rings is 1. The van der Waals surface area contributed by atoms with Crippen LogP contribution in [0.3, 0.4) is 0 Å². The molecule has 0 spiro atoms. The van der Waals surface area contributed by atoms with Crippen LogP contribution in [0.2, 0.25) is 5.02 Å². The Kier molecular flexibility index (Phi) is 10.3. The van der Waals surface area contributed by atoms with Gasteiger partial charge in [0.15, 0.2) is 0 Å². The number of thioether (sulfide) groups is 1. The van der Waals surface area contributed by atoms with Crippen LogP contribution in [0.15, 0.2) is 47.6 Å². The molecule has 40 heavy (non-hydrogen) atoms. The fourth-order valence-corrected chi connectivity index (χ4v) is 6.69. The first-order valence-corrected chi connectivity index (χ1v) is 15.0. The van der Waals surface area contributed by atoms with Crippen LogP contribution in [-0.4, -0.2) is 35.5 Å². The SMILES string of the molecule is O=C(Nc1sc2c(c1C(=O)N/N=C\c1ccc(Cl)c(C(F)(F)F)c1)CCCC2)c1cccc(CSCCCO)c1. The molecule has 1 aromatic heterocycles. The van der Waals surface area contributed by atoms with E-state index in [2.05, 4.69) is 15.8 Å². The van der Waals surface area contributed by atoms with Gasteiger partial charge >= 0.3 is 6.18 Å². The number of carbonyl (C=O) groups is 2. The van der Waals surface area contributed by atoms with Gasteiger partial charge in [0.25, 0.3) is 11.8 Å². The summed E-state index contributed by atoms with van der Waals surface area (Å²) in [6.07, 6.45) is 0.564. The molecule has 0 saturated carbocycles. The summed E-state index contributed by atoms with van der Waals surface area (Å²) >= 11 is 8.70. The predicted molar refractivity (Wildman–Crippen MR) is 155 cm³/mol. The maximum atomic E-state index is 13.2. The third kappa shape index (κ3) is 7.66. The standard InChI is InChI=1S/C28H27ClF3N3O3S2/c29-22-10-9-17(14-21(22)28(30,31)32)15-33-35-26(38)24-20-7-1-2-8-23(20)40-27(24)34-25(37)19-6-3-5-18(13-19)16-39-12-4-11-36/h3,5-6,9-10,13-15,36H,1-2,4,7-8,11-12,16H2,(H,34,37)(H,35,38)/b33-15-. The van der Waals surface area contributed by atoms with Crippen LogP contribution in [0.5, 0.6) is 0 Å². The highest BCUT2D eigenvalue weighted by atomic mass is 35.5. The minimum absolute atomic E-state index is 0.118. The number of benzene rings is 2. The van der Waals surface area contributed by atoms with E-state index in [1.165, 1.54) is 17.4 Å². The largest absolute Gasteiger partial charge is 0.417 e. The minimum Gasteiger partial charge on any atom is -0.396 e. The summed E-state index contributed by atoms with van der Waals surface area (Å²) in [5.74, 6) is 0.623. The lowest BCUT2D eigenvalue weighted by molar-refractivity contribution is -0.137. The smallest absolute Gasteiger partial charge is 0.396 e. The van der Waals surface area contributed by atoms with Crippen molar-refractivity contribution in [3.8, 4) is 0 Å². The molecule has 6 nitrogen and oxygen atoms in total. The van der Waals surface area contributed by atoms with Crippen molar-refractivity contribution in [2.45, 2.75) is 44.0 Å². The summed E-state index contributed by atoms with van der Waals surface area (Å²) < 4.78 is 39.5. The summed E-state index contributed by atoms with van der Waals surface area (Å²) in [6.45, 7) is 0.140. The Balaban J connectivity index is 1.51. The third-order valence-corrected chi connectivity index (χ3v) is 8.86. The Morgan fingerprint density at radius 3 is 2.70 bits per heavy atom. The van der Waals surface area contributed by atoms with Crippen molar-refractivity contribution in [1.82, 2.24) is 5.43 Å². The van der Waals surface area contributed by atoms with Gasteiger partial charge in [0.1, 0.15) is 5.00 Å². The zero-order valence-electron chi connectivity index (χ0n) is 21.3. The molecule has 1 aliphatic carbocycles. The van der Waals surface area contributed by atoms with Crippen molar-refractivity contribution in [2.75, 3.05) is 17.7 Å². The molecule has 1 heterocycles. The van der Waals surface area contributed by atoms with Gasteiger partial charge in [-0.2, -0.15) is 30.0 Å². The average Bonchev–Trinajstić information content (AvgIpc) is 3.29. The normalized spacial score (nSPS) is 13.3. The first kappa shape index (κ1) is 30.1. The monoisotopic (exact) mass is 609 g/mol. The summed E-state index contributed by atoms with van der Waals surface area (Å²) in [5, 5.41) is 15.7. The number of hydrogen-bond acceptors (Lipinski definition) is 6. The molecule has 0 aliphatic heterocycles. The first-order valence-electron chi connectivity index (χ1n) is 12.6. The molecule has 0 saturated heterocycles. The number of hydrogen-bond donors (Lipinski definition) is 3. The number of hydrazone groups is 1. The lowest BCUT2D eigenvalue weighted by atomic mass is 9.95. The molecule has 1 aliphatic rings. The molecule has 2 amide bonds. The number of nitrogens with zero attached hydrogens (tertiary/aromatic N) is 1. The summed E-state index contributed by atoms with van der Waals surface area (Å²) in [4.78, 5) is 27.4. The molecular formula is C28H27ClF3N3O3S2. The van der Waals surface area contributed by atoms with E-state index in [0.717, 1.165) is 59.4 Å². The highest BCUT2D eigenvalue weighted by molar-refractivity contribution is 7.98. The fraction of sp³-hybridized carbons (Fsp3) is 0.321. The lowest BCUT2D eigenvalue weighted by Crippen LogP contribution is -2.22. The van der Waals surface area contributed by atoms with Gasteiger partial charge in [0.05, 0.1) is 22.4 Å². The molecule has 0 unspecified atom stereocenters. The lowest BCUT2D eigenvalue weighted by Gasteiger charge is -2.12. The third-order valence-electron chi connectivity index (χ3n) is 6.21. The van der Waals surface area contributed by atoms with Crippen LogP contribution in [-0.2, 0) is 24.8 Å². The molecular weight excluding hydrogens is 583 g/mol. The van der Waals surface area contributed by atoms with Gasteiger partial charge in [-0.1, -0.05) is 29.8 Å². The molecule has 3 N–H and O–H groups in total. The van der Waals surface area contributed by atoms with Gasteiger partial charge in [-0.05, 0) is 78.8 Å². The van der Waals surface area contributed by atoms with Crippen LogP contribution < -0.4 is 10.7 Å². The van der Waals surface area contributed by atoms with Gasteiger partial charge in [-0.15, -0.1) is 11.3 Å². The number of amides is 2. The minimum atomic E-state index is -4.62. The fourth-order valence-electron chi connectivity index (χ4n) is 4.29. The number of carbonyl (C=O) groups excluding carboxylic acids is 2. The van der Waals surface area contributed by atoms with E-state index in [0.29, 0.717) is 34.7 Å². The maximum Gasteiger partial charge on any atom is 0.417 e. The van der Waals surface area contributed by atoms with Gasteiger partial charge in [0, 0.05) is 22.8 Å². The number of halogens is 4. The second kappa shape index (κ2) is 13.7. The summed E-state index contributed by atoms with van der Waals surface area (Å²) in [5.41, 5.74) is 4.15. The van der Waals surface area contributed by atoms with E-state index in [4.69, 9.17) is 16.7 Å². The highest BCUT2D eigenvalue weighted by Gasteiger charge is 2.33. The van der Waals surface area contributed by atoms with Gasteiger partial charge in [0.2, 0.25) is 0 Å². The topological polar surface area (TPSA) is 90.8 Å². The number of nitrogens with one attached hydrogen (secondary N) is 2. The van der Waals surface area contributed by atoms with Crippen LogP contribution in [0, 0.1) is 0 Å². The number of aryl methyl sites for hydroxylation is 1.